The van der Waals surface area contributed by atoms with Crippen molar-refractivity contribution in [1.82, 2.24) is 0 Å². The van der Waals surface area contributed by atoms with Crippen LogP contribution in [0.4, 0.5) is 5.69 Å². The average Bonchev–Trinajstić information content (AvgIpc) is 2.81. The summed E-state index contributed by atoms with van der Waals surface area (Å²) in [6.07, 6.45) is 1.29. The van der Waals surface area contributed by atoms with Crippen LogP contribution in [0.2, 0.25) is 0 Å². The molecule has 4 nitrogen and oxygen atoms in total. The zero-order valence-electron chi connectivity index (χ0n) is 10.4. The van der Waals surface area contributed by atoms with Gasteiger partial charge in [0.25, 0.3) is 5.91 Å². The lowest BCUT2D eigenvalue weighted by Gasteiger charge is -2.12. The number of nitrogens with two attached hydrogens (primary N) is 1. The van der Waals surface area contributed by atoms with Crippen molar-refractivity contribution in [3.05, 3.63) is 29.8 Å². The SMILES string of the molecule is Cc1ccc(NC(=O)[C@@H]2CC[C@H](CN)O2)cc1.Cl. The summed E-state index contributed by atoms with van der Waals surface area (Å²) in [5, 5.41) is 2.85. The van der Waals surface area contributed by atoms with Gasteiger partial charge in [-0.2, -0.15) is 0 Å². The third-order valence-corrected chi connectivity index (χ3v) is 2.98. The van der Waals surface area contributed by atoms with Gasteiger partial charge >= 0.3 is 0 Å². The maximum absolute atomic E-state index is 11.9. The number of amides is 1. The molecule has 2 atom stereocenters. The Hall–Kier alpha value is -1.10. The molecule has 1 fully saturated rings. The molecule has 100 valence electrons. The van der Waals surface area contributed by atoms with Gasteiger partial charge in [0.2, 0.25) is 0 Å². The smallest absolute Gasteiger partial charge is 0.253 e. The minimum absolute atomic E-state index is 0. The van der Waals surface area contributed by atoms with Gasteiger partial charge in [-0.05, 0) is 31.9 Å². The van der Waals surface area contributed by atoms with Gasteiger partial charge in [0.1, 0.15) is 6.10 Å². The van der Waals surface area contributed by atoms with Crippen molar-refractivity contribution in [3.63, 3.8) is 0 Å². The molecule has 0 radical (unpaired) electrons. The molecule has 1 aliphatic rings. The van der Waals surface area contributed by atoms with Crippen molar-refractivity contribution in [2.75, 3.05) is 11.9 Å². The zero-order valence-corrected chi connectivity index (χ0v) is 11.2. The Labute approximate surface area is 113 Å². The second-order valence-corrected chi connectivity index (χ2v) is 4.42. The highest BCUT2D eigenvalue weighted by Gasteiger charge is 2.29. The van der Waals surface area contributed by atoms with Gasteiger partial charge in [0.15, 0.2) is 0 Å². The molecule has 5 heteroatoms. The Morgan fingerprint density at radius 2 is 2.06 bits per heavy atom. The number of halogens is 1. The molecule has 1 amide bonds. The van der Waals surface area contributed by atoms with Crippen LogP contribution in [0.1, 0.15) is 18.4 Å². The summed E-state index contributed by atoms with van der Waals surface area (Å²) < 4.78 is 5.53. The molecule has 0 aliphatic carbocycles. The van der Waals surface area contributed by atoms with Crippen LogP contribution < -0.4 is 11.1 Å². The van der Waals surface area contributed by atoms with Crippen LogP contribution in [0.15, 0.2) is 24.3 Å². The molecule has 0 saturated carbocycles. The number of hydrogen-bond donors (Lipinski definition) is 2. The Bertz CT molecular complexity index is 394. The first kappa shape index (κ1) is 15.0. The predicted molar refractivity (Wildman–Crippen MR) is 74.0 cm³/mol. The van der Waals surface area contributed by atoms with E-state index in [4.69, 9.17) is 10.5 Å². The Balaban J connectivity index is 0.00000162. The van der Waals surface area contributed by atoms with Crippen LogP contribution in [0.5, 0.6) is 0 Å². The van der Waals surface area contributed by atoms with Crippen LogP contribution in [0.25, 0.3) is 0 Å². The molecule has 1 saturated heterocycles. The predicted octanol–water partition coefficient (Wildman–Crippen LogP) is 1.86. The first-order valence-corrected chi connectivity index (χ1v) is 5.92. The molecule has 1 aliphatic heterocycles. The summed E-state index contributed by atoms with van der Waals surface area (Å²) in [5.74, 6) is -0.0789. The highest BCUT2D eigenvalue weighted by molar-refractivity contribution is 5.94. The number of rotatable bonds is 3. The Kier molecular flexibility index (Phi) is 5.59. The summed E-state index contributed by atoms with van der Waals surface area (Å²) in [6.45, 7) is 2.49. The zero-order chi connectivity index (χ0) is 12.3. The number of carbonyl (C=O) groups is 1. The molecule has 0 unspecified atom stereocenters. The Morgan fingerprint density at radius 3 is 2.61 bits per heavy atom. The van der Waals surface area contributed by atoms with E-state index in [0.29, 0.717) is 6.54 Å². The van der Waals surface area contributed by atoms with E-state index in [1.165, 1.54) is 5.56 Å². The van der Waals surface area contributed by atoms with E-state index in [1.54, 1.807) is 0 Å². The molecule has 0 spiro atoms. The summed E-state index contributed by atoms with van der Waals surface area (Å²) in [5.41, 5.74) is 7.48. The van der Waals surface area contributed by atoms with Gasteiger partial charge in [-0.15, -0.1) is 12.4 Å². The van der Waals surface area contributed by atoms with Crippen LogP contribution >= 0.6 is 12.4 Å². The number of benzene rings is 1. The quantitative estimate of drug-likeness (QED) is 0.881. The van der Waals surface area contributed by atoms with Crippen molar-refractivity contribution in [2.24, 2.45) is 5.73 Å². The third-order valence-electron chi connectivity index (χ3n) is 2.98. The highest BCUT2D eigenvalue weighted by Crippen LogP contribution is 2.20. The summed E-state index contributed by atoms with van der Waals surface area (Å²) >= 11 is 0. The van der Waals surface area contributed by atoms with Crippen molar-refractivity contribution in [2.45, 2.75) is 32.0 Å². The number of aryl methyl sites for hydroxylation is 1. The lowest BCUT2D eigenvalue weighted by Crippen LogP contribution is -2.29. The molecule has 1 aromatic carbocycles. The minimum Gasteiger partial charge on any atom is -0.364 e. The molecule has 2 rings (SSSR count). The monoisotopic (exact) mass is 270 g/mol. The van der Waals surface area contributed by atoms with E-state index in [9.17, 15) is 4.79 Å². The van der Waals surface area contributed by atoms with Gasteiger partial charge in [-0.3, -0.25) is 4.79 Å². The lowest BCUT2D eigenvalue weighted by atomic mass is 10.2. The van der Waals surface area contributed by atoms with Gasteiger partial charge in [-0.25, -0.2) is 0 Å². The van der Waals surface area contributed by atoms with Crippen molar-refractivity contribution in [3.8, 4) is 0 Å². The van der Waals surface area contributed by atoms with Gasteiger partial charge < -0.3 is 15.8 Å². The van der Waals surface area contributed by atoms with E-state index in [1.807, 2.05) is 31.2 Å². The molecule has 1 heterocycles. The first-order chi connectivity index (χ1) is 8.19. The fourth-order valence-electron chi connectivity index (χ4n) is 1.93. The molecule has 1 aromatic rings. The van der Waals surface area contributed by atoms with Crippen molar-refractivity contribution >= 4 is 24.0 Å². The average molecular weight is 271 g/mol. The van der Waals surface area contributed by atoms with Gasteiger partial charge in [0, 0.05) is 12.2 Å². The molecular weight excluding hydrogens is 252 g/mol. The second kappa shape index (κ2) is 6.73. The normalized spacial score (nSPS) is 22.3. The van der Waals surface area contributed by atoms with E-state index < -0.39 is 0 Å². The fraction of sp³-hybridized carbons (Fsp3) is 0.462. The molecule has 0 aromatic heterocycles. The summed E-state index contributed by atoms with van der Waals surface area (Å²) in [6, 6.07) is 7.72. The van der Waals surface area contributed by atoms with Crippen LogP contribution in [0, 0.1) is 6.92 Å². The number of nitrogens with one attached hydrogen (secondary N) is 1. The van der Waals surface area contributed by atoms with Crippen LogP contribution in [-0.2, 0) is 9.53 Å². The van der Waals surface area contributed by atoms with Gasteiger partial charge in [-0.1, -0.05) is 17.7 Å². The van der Waals surface area contributed by atoms with E-state index in [-0.39, 0.29) is 30.5 Å². The minimum atomic E-state index is -0.357. The summed E-state index contributed by atoms with van der Waals surface area (Å²) in [4.78, 5) is 11.9. The van der Waals surface area contributed by atoms with Crippen molar-refractivity contribution < 1.29 is 9.53 Å². The molecule has 3 N–H and O–H groups in total. The Morgan fingerprint density at radius 1 is 1.39 bits per heavy atom. The second-order valence-electron chi connectivity index (χ2n) is 4.42. The lowest BCUT2D eigenvalue weighted by molar-refractivity contribution is -0.126. The fourth-order valence-corrected chi connectivity index (χ4v) is 1.93. The highest BCUT2D eigenvalue weighted by atomic mass is 35.5. The standard InChI is InChI=1S/C13H18N2O2.ClH/c1-9-2-4-10(5-3-9)15-13(16)12-7-6-11(8-14)17-12;/h2-5,11-12H,6-8,14H2,1H3,(H,15,16);1H/t11-,12+;/m1./s1. The van der Waals surface area contributed by atoms with E-state index in [2.05, 4.69) is 5.32 Å². The van der Waals surface area contributed by atoms with Crippen LogP contribution in [-0.4, -0.2) is 24.7 Å². The molecule has 18 heavy (non-hydrogen) atoms. The molecular formula is C13H19ClN2O2. The number of ether oxygens (including phenoxy) is 1. The number of hydrogen-bond acceptors (Lipinski definition) is 3. The number of anilines is 1. The van der Waals surface area contributed by atoms with Crippen LogP contribution in [0.3, 0.4) is 0 Å². The van der Waals surface area contributed by atoms with Crippen molar-refractivity contribution in [1.29, 1.82) is 0 Å². The van der Waals surface area contributed by atoms with E-state index in [0.717, 1.165) is 18.5 Å². The summed E-state index contributed by atoms with van der Waals surface area (Å²) in [7, 11) is 0. The number of carbonyl (C=O) groups excluding carboxylic acids is 1. The maximum atomic E-state index is 11.9. The third kappa shape index (κ3) is 3.70. The van der Waals surface area contributed by atoms with E-state index >= 15 is 0 Å². The first-order valence-electron chi connectivity index (χ1n) is 5.92. The topological polar surface area (TPSA) is 64.4 Å². The van der Waals surface area contributed by atoms with Gasteiger partial charge in [0.05, 0.1) is 6.10 Å². The largest absolute Gasteiger partial charge is 0.364 e. The maximum Gasteiger partial charge on any atom is 0.253 e. The molecule has 0 bridgehead atoms.